The molecule has 0 aromatic heterocycles. The van der Waals surface area contributed by atoms with Crippen molar-refractivity contribution >= 4 is 0 Å². The van der Waals surface area contributed by atoms with Crippen LogP contribution in [0.2, 0.25) is 0 Å². The summed E-state index contributed by atoms with van der Waals surface area (Å²) < 4.78 is 0. The smallest absolute Gasteiger partial charge is 0.0128 e. The van der Waals surface area contributed by atoms with Crippen LogP contribution in [-0.2, 0) is 0 Å². The van der Waals surface area contributed by atoms with Crippen molar-refractivity contribution < 1.29 is 0 Å². The largest absolute Gasteiger partial charge is 0.313 e. The molecule has 0 amide bonds. The van der Waals surface area contributed by atoms with E-state index in [9.17, 15) is 0 Å². The minimum absolute atomic E-state index is 0.364. The van der Waals surface area contributed by atoms with Crippen molar-refractivity contribution in [2.24, 2.45) is 23.2 Å². The van der Waals surface area contributed by atoms with Crippen molar-refractivity contribution in [1.29, 1.82) is 0 Å². The van der Waals surface area contributed by atoms with E-state index < -0.39 is 0 Å². The molecule has 2 saturated carbocycles. The quantitative estimate of drug-likeness (QED) is 0.723. The van der Waals surface area contributed by atoms with Gasteiger partial charge in [0.15, 0.2) is 0 Å². The van der Waals surface area contributed by atoms with Gasteiger partial charge >= 0.3 is 0 Å². The monoisotopic (exact) mass is 294 g/mol. The lowest BCUT2D eigenvalue weighted by atomic mass is 9.84. The van der Waals surface area contributed by atoms with E-state index in [0.717, 1.165) is 24.3 Å². The van der Waals surface area contributed by atoms with Crippen LogP contribution in [0.4, 0.5) is 0 Å². The Labute approximate surface area is 133 Å². The molecular weight excluding hydrogens is 256 g/mol. The van der Waals surface area contributed by atoms with Crippen molar-refractivity contribution in [2.75, 3.05) is 26.7 Å². The Kier molecular flexibility index (Phi) is 6.14. The molecule has 0 saturated heterocycles. The molecule has 2 aliphatic rings. The van der Waals surface area contributed by atoms with E-state index in [4.69, 9.17) is 0 Å². The van der Waals surface area contributed by atoms with Gasteiger partial charge in [0.25, 0.3) is 0 Å². The molecule has 21 heavy (non-hydrogen) atoms. The Morgan fingerprint density at radius 1 is 1.19 bits per heavy atom. The van der Waals surface area contributed by atoms with Crippen LogP contribution in [0, 0.1) is 23.2 Å². The molecule has 124 valence electrons. The summed E-state index contributed by atoms with van der Waals surface area (Å²) in [5.74, 6) is 3.15. The van der Waals surface area contributed by atoms with Gasteiger partial charge < -0.3 is 10.2 Å². The van der Waals surface area contributed by atoms with Gasteiger partial charge in [0.2, 0.25) is 0 Å². The minimum atomic E-state index is 0.364. The van der Waals surface area contributed by atoms with E-state index in [0.29, 0.717) is 11.5 Å². The maximum Gasteiger partial charge on any atom is 0.0128 e. The summed E-state index contributed by atoms with van der Waals surface area (Å²) in [5.41, 5.74) is 0.364. The first-order valence-electron chi connectivity index (χ1n) is 9.32. The third-order valence-corrected chi connectivity index (χ3v) is 5.92. The lowest BCUT2D eigenvalue weighted by Crippen LogP contribution is -2.43. The minimum Gasteiger partial charge on any atom is -0.313 e. The zero-order valence-electron chi connectivity index (χ0n) is 15.1. The molecule has 2 rings (SSSR count). The van der Waals surface area contributed by atoms with Crippen LogP contribution in [0.15, 0.2) is 0 Å². The summed E-state index contributed by atoms with van der Waals surface area (Å²) in [6, 6.07) is 0.639. The lowest BCUT2D eigenvalue weighted by Gasteiger charge is -2.34. The standard InChI is InChI=1S/C19H38N2/c1-6-10-20-18(19(2,3)4)9-11-21(5)14-17-13-15-7-8-16(17)12-15/h15-18,20H,6-14H2,1-5H3. The van der Waals surface area contributed by atoms with E-state index >= 15 is 0 Å². The molecule has 2 heteroatoms. The van der Waals surface area contributed by atoms with E-state index in [1.54, 1.807) is 6.42 Å². The molecule has 0 aliphatic heterocycles. The summed E-state index contributed by atoms with van der Waals surface area (Å²) >= 11 is 0. The number of nitrogens with zero attached hydrogens (tertiary/aromatic N) is 1. The Morgan fingerprint density at radius 2 is 1.95 bits per heavy atom. The van der Waals surface area contributed by atoms with Crippen LogP contribution in [0.25, 0.3) is 0 Å². The zero-order valence-corrected chi connectivity index (χ0v) is 15.1. The molecular formula is C19H38N2. The fourth-order valence-corrected chi connectivity index (χ4v) is 4.60. The van der Waals surface area contributed by atoms with Crippen LogP contribution >= 0.6 is 0 Å². The van der Waals surface area contributed by atoms with Crippen LogP contribution in [-0.4, -0.2) is 37.6 Å². The van der Waals surface area contributed by atoms with Gasteiger partial charge in [-0.15, -0.1) is 0 Å². The van der Waals surface area contributed by atoms with Crippen LogP contribution < -0.4 is 5.32 Å². The molecule has 1 N–H and O–H groups in total. The van der Waals surface area contributed by atoms with Crippen molar-refractivity contribution in [3.8, 4) is 0 Å². The first-order valence-corrected chi connectivity index (χ1v) is 9.32. The fraction of sp³-hybridized carbons (Fsp3) is 1.00. The second-order valence-corrected chi connectivity index (χ2v) is 8.86. The van der Waals surface area contributed by atoms with Crippen molar-refractivity contribution in [3.05, 3.63) is 0 Å². The van der Waals surface area contributed by atoms with Crippen molar-refractivity contribution in [1.82, 2.24) is 10.2 Å². The van der Waals surface area contributed by atoms with E-state index in [1.807, 2.05) is 0 Å². The third-order valence-electron chi connectivity index (χ3n) is 5.92. The van der Waals surface area contributed by atoms with Gasteiger partial charge in [-0.3, -0.25) is 0 Å². The highest BCUT2D eigenvalue weighted by Crippen LogP contribution is 2.48. The van der Waals surface area contributed by atoms with Gasteiger partial charge in [0.05, 0.1) is 0 Å². The summed E-state index contributed by atoms with van der Waals surface area (Å²) in [6.07, 6.45) is 8.62. The first-order chi connectivity index (χ1) is 9.90. The second-order valence-electron chi connectivity index (χ2n) is 8.86. The average Bonchev–Trinajstić information content (AvgIpc) is 2.99. The summed E-state index contributed by atoms with van der Waals surface area (Å²) in [6.45, 7) is 13.1. The van der Waals surface area contributed by atoms with Crippen molar-refractivity contribution in [2.45, 2.75) is 72.3 Å². The van der Waals surface area contributed by atoms with Gasteiger partial charge in [0.1, 0.15) is 0 Å². The van der Waals surface area contributed by atoms with Gasteiger partial charge in [-0.1, -0.05) is 34.1 Å². The third kappa shape index (κ3) is 4.96. The number of rotatable bonds is 8. The second kappa shape index (κ2) is 7.46. The Balaban J connectivity index is 1.72. The molecule has 2 fully saturated rings. The SMILES string of the molecule is CCCNC(CCN(C)CC1CC2CCC1C2)C(C)(C)C. The molecule has 0 spiro atoms. The fourth-order valence-electron chi connectivity index (χ4n) is 4.60. The molecule has 0 aromatic rings. The zero-order chi connectivity index (χ0) is 15.5. The number of nitrogens with one attached hydrogen (secondary N) is 1. The number of fused-ring (bicyclic) bond motifs is 2. The summed E-state index contributed by atoms with van der Waals surface area (Å²) in [5, 5.41) is 3.76. The van der Waals surface area contributed by atoms with E-state index in [-0.39, 0.29) is 0 Å². The van der Waals surface area contributed by atoms with E-state index in [2.05, 4.69) is 45.0 Å². The van der Waals surface area contributed by atoms with E-state index in [1.165, 1.54) is 45.2 Å². The molecule has 0 radical (unpaired) electrons. The first kappa shape index (κ1) is 17.3. The molecule has 0 aromatic carbocycles. The molecule has 0 heterocycles. The van der Waals surface area contributed by atoms with Gasteiger partial charge in [-0.2, -0.15) is 0 Å². The lowest BCUT2D eigenvalue weighted by molar-refractivity contribution is 0.187. The normalized spacial score (nSPS) is 30.3. The highest BCUT2D eigenvalue weighted by molar-refractivity contribution is 4.91. The predicted molar refractivity (Wildman–Crippen MR) is 92.6 cm³/mol. The van der Waals surface area contributed by atoms with Crippen molar-refractivity contribution in [3.63, 3.8) is 0 Å². The summed E-state index contributed by atoms with van der Waals surface area (Å²) in [4.78, 5) is 2.61. The highest BCUT2D eigenvalue weighted by Gasteiger charge is 2.39. The molecule has 4 unspecified atom stereocenters. The number of hydrogen-bond donors (Lipinski definition) is 1. The predicted octanol–water partition coefficient (Wildman–Crippen LogP) is 4.16. The highest BCUT2D eigenvalue weighted by atomic mass is 15.1. The van der Waals surface area contributed by atoms with Crippen LogP contribution in [0.5, 0.6) is 0 Å². The maximum atomic E-state index is 3.76. The van der Waals surface area contributed by atoms with Gasteiger partial charge in [0, 0.05) is 12.6 Å². The molecule has 2 bridgehead atoms. The number of hydrogen-bond acceptors (Lipinski definition) is 2. The topological polar surface area (TPSA) is 15.3 Å². The Hall–Kier alpha value is -0.0800. The summed E-state index contributed by atoms with van der Waals surface area (Å²) in [7, 11) is 2.34. The molecule has 2 aliphatic carbocycles. The van der Waals surface area contributed by atoms with Gasteiger partial charge in [-0.25, -0.2) is 0 Å². The Morgan fingerprint density at radius 3 is 2.48 bits per heavy atom. The molecule has 4 atom stereocenters. The van der Waals surface area contributed by atoms with Crippen LogP contribution in [0.1, 0.15) is 66.2 Å². The average molecular weight is 295 g/mol. The van der Waals surface area contributed by atoms with Crippen LogP contribution in [0.3, 0.4) is 0 Å². The van der Waals surface area contributed by atoms with Gasteiger partial charge in [-0.05, 0) is 75.4 Å². The Bertz CT molecular complexity index is 307. The maximum absolute atomic E-state index is 3.76. The molecule has 2 nitrogen and oxygen atoms in total.